The SMILES string of the molecule is CCC1(C)C2CC3C(=O)OC1C3C2. The zero-order valence-corrected chi connectivity index (χ0v) is 8.25. The number of hydrogen-bond donors (Lipinski definition) is 0. The fourth-order valence-electron chi connectivity index (χ4n) is 3.86. The molecule has 3 fully saturated rings. The largest absolute Gasteiger partial charge is 0.461 e. The summed E-state index contributed by atoms with van der Waals surface area (Å²) in [7, 11) is 0. The minimum Gasteiger partial charge on any atom is -0.461 e. The van der Waals surface area contributed by atoms with Crippen LogP contribution in [0.2, 0.25) is 0 Å². The average molecular weight is 180 g/mol. The average Bonchev–Trinajstić information content (AvgIpc) is 2.70. The molecule has 1 saturated heterocycles. The first-order valence-electron chi connectivity index (χ1n) is 5.37. The van der Waals surface area contributed by atoms with Crippen molar-refractivity contribution in [2.75, 3.05) is 0 Å². The Kier molecular flexibility index (Phi) is 1.27. The van der Waals surface area contributed by atoms with Crippen molar-refractivity contribution < 1.29 is 9.53 Å². The summed E-state index contributed by atoms with van der Waals surface area (Å²) >= 11 is 0. The molecule has 0 amide bonds. The van der Waals surface area contributed by atoms with Crippen LogP contribution in [0.5, 0.6) is 0 Å². The molecule has 3 aliphatic rings. The van der Waals surface area contributed by atoms with Gasteiger partial charge in [0, 0.05) is 11.3 Å². The van der Waals surface area contributed by atoms with Crippen molar-refractivity contribution in [1.29, 1.82) is 0 Å². The molecule has 0 spiro atoms. The normalized spacial score (nSPS) is 57.2. The molecule has 0 aromatic heterocycles. The molecule has 2 bridgehead atoms. The Balaban J connectivity index is 2.03. The van der Waals surface area contributed by atoms with Crippen LogP contribution in [-0.4, -0.2) is 12.1 Å². The molecule has 2 saturated carbocycles. The standard InChI is InChI=1S/C11H16O2/c1-3-11(2)6-4-7-8(5-6)10(12)13-9(7)11/h6-9H,3-5H2,1-2H3. The van der Waals surface area contributed by atoms with Crippen LogP contribution in [0.1, 0.15) is 33.1 Å². The number of carbonyl (C=O) groups is 1. The molecule has 0 N–H and O–H groups in total. The summed E-state index contributed by atoms with van der Waals surface area (Å²) in [5.41, 5.74) is 0.299. The first-order chi connectivity index (χ1) is 6.16. The Bertz CT molecular complexity index is 273. The molecule has 72 valence electrons. The van der Waals surface area contributed by atoms with Crippen molar-refractivity contribution >= 4 is 5.97 Å². The van der Waals surface area contributed by atoms with Gasteiger partial charge in [0.2, 0.25) is 0 Å². The summed E-state index contributed by atoms with van der Waals surface area (Å²) in [6.45, 7) is 4.53. The fraction of sp³-hybridized carbons (Fsp3) is 0.909. The number of hydrogen-bond acceptors (Lipinski definition) is 2. The molecule has 0 aromatic rings. The Labute approximate surface area is 78.6 Å². The molecule has 0 aromatic carbocycles. The molecule has 3 rings (SSSR count). The number of rotatable bonds is 1. The zero-order valence-electron chi connectivity index (χ0n) is 8.25. The topological polar surface area (TPSA) is 26.3 Å². The van der Waals surface area contributed by atoms with Crippen LogP contribution >= 0.6 is 0 Å². The molecule has 5 atom stereocenters. The second-order valence-corrected chi connectivity index (χ2v) is 5.16. The minimum absolute atomic E-state index is 0.0923. The van der Waals surface area contributed by atoms with Gasteiger partial charge >= 0.3 is 5.97 Å². The van der Waals surface area contributed by atoms with Crippen molar-refractivity contribution in [2.45, 2.75) is 39.2 Å². The van der Waals surface area contributed by atoms with Crippen molar-refractivity contribution in [2.24, 2.45) is 23.2 Å². The maximum Gasteiger partial charge on any atom is 0.309 e. The lowest BCUT2D eigenvalue weighted by molar-refractivity contribution is -0.146. The third-order valence-corrected chi connectivity index (χ3v) is 4.89. The van der Waals surface area contributed by atoms with Crippen molar-refractivity contribution in [3.63, 3.8) is 0 Å². The summed E-state index contributed by atoms with van der Waals surface area (Å²) < 4.78 is 5.51. The van der Waals surface area contributed by atoms with E-state index in [0.717, 1.165) is 18.8 Å². The molecule has 2 heteroatoms. The predicted molar refractivity (Wildman–Crippen MR) is 48.0 cm³/mol. The van der Waals surface area contributed by atoms with E-state index in [9.17, 15) is 4.79 Å². The van der Waals surface area contributed by atoms with Gasteiger partial charge in [0.15, 0.2) is 0 Å². The van der Waals surface area contributed by atoms with Gasteiger partial charge in [-0.05, 0) is 25.2 Å². The van der Waals surface area contributed by atoms with Crippen LogP contribution in [0.25, 0.3) is 0 Å². The van der Waals surface area contributed by atoms with E-state index in [1.807, 2.05) is 0 Å². The number of ether oxygens (including phenoxy) is 1. The van der Waals surface area contributed by atoms with Gasteiger partial charge in [-0.3, -0.25) is 4.79 Å². The van der Waals surface area contributed by atoms with Gasteiger partial charge in [-0.1, -0.05) is 13.8 Å². The van der Waals surface area contributed by atoms with Gasteiger partial charge in [0.05, 0.1) is 5.92 Å². The maximum absolute atomic E-state index is 11.5. The molecule has 2 aliphatic carbocycles. The molecule has 13 heavy (non-hydrogen) atoms. The van der Waals surface area contributed by atoms with Gasteiger partial charge < -0.3 is 4.74 Å². The lowest BCUT2D eigenvalue weighted by Crippen LogP contribution is -2.36. The van der Waals surface area contributed by atoms with Crippen LogP contribution in [0, 0.1) is 23.2 Å². The molecular weight excluding hydrogens is 164 g/mol. The van der Waals surface area contributed by atoms with E-state index in [0.29, 0.717) is 11.3 Å². The maximum atomic E-state index is 11.5. The van der Waals surface area contributed by atoms with Crippen LogP contribution in [0.4, 0.5) is 0 Å². The summed E-state index contributed by atoms with van der Waals surface area (Å²) in [6, 6.07) is 0. The number of carbonyl (C=O) groups excluding carboxylic acids is 1. The van der Waals surface area contributed by atoms with Gasteiger partial charge in [-0.2, -0.15) is 0 Å². The van der Waals surface area contributed by atoms with Crippen molar-refractivity contribution in [3.8, 4) is 0 Å². The third kappa shape index (κ3) is 0.695. The molecule has 5 unspecified atom stereocenters. The molecular formula is C11H16O2. The molecule has 2 nitrogen and oxygen atoms in total. The first kappa shape index (κ1) is 7.84. The lowest BCUT2D eigenvalue weighted by Gasteiger charge is -2.35. The first-order valence-corrected chi connectivity index (χ1v) is 5.37. The molecule has 1 aliphatic heterocycles. The summed E-state index contributed by atoms with van der Waals surface area (Å²) in [5, 5.41) is 0. The van der Waals surface area contributed by atoms with Gasteiger partial charge in [-0.25, -0.2) is 0 Å². The zero-order chi connectivity index (χ0) is 9.22. The van der Waals surface area contributed by atoms with E-state index in [1.165, 1.54) is 6.42 Å². The number of fused-ring (bicyclic) bond motifs is 1. The Morgan fingerprint density at radius 1 is 1.54 bits per heavy atom. The summed E-state index contributed by atoms with van der Waals surface area (Å²) in [5.74, 6) is 1.69. The van der Waals surface area contributed by atoms with Crippen LogP contribution in [0.15, 0.2) is 0 Å². The van der Waals surface area contributed by atoms with E-state index >= 15 is 0 Å². The van der Waals surface area contributed by atoms with E-state index < -0.39 is 0 Å². The Hall–Kier alpha value is -0.530. The Morgan fingerprint density at radius 3 is 3.00 bits per heavy atom. The summed E-state index contributed by atoms with van der Waals surface area (Å²) in [6.07, 6.45) is 3.75. The van der Waals surface area contributed by atoms with Crippen LogP contribution < -0.4 is 0 Å². The predicted octanol–water partition coefficient (Wildman–Crippen LogP) is 1.98. The highest BCUT2D eigenvalue weighted by Crippen LogP contribution is 2.64. The van der Waals surface area contributed by atoms with Gasteiger partial charge in [0.25, 0.3) is 0 Å². The quantitative estimate of drug-likeness (QED) is 0.577. The van der Waals surface area contributed by atoms with E-state index in [4.69, 9.17) is 4.74 Å². The van der Waals surface area contributed by atoms with E-state index in [2.05, 4.69) is 13.8 Å². The summed E-state index contributed by atoms with van der Waals surface area (Å²) in [4.78, 5) is 11.5. The molecule has 1 heterocycles. The Morgan fingerprint density at radius 2 is 2.31 bits per heavy atom. The number of esters is 1. The minimum atomic E-state index is 0.0923. The molecule has 0 radical (unpaired) electrons. The van der Waals surface area contributed by atoms with Crippen molar-refractivity contribution in [3.05, 3.63) is 0 Å². The van der Waals surface area contributed by atoms with E-state index in [-0.39, 0.29) is 18.0 Å². The second kappa shape index (κ2) is 2.10. The highest BCUT2D eigenvalue weighted by molar-refractivity contribution is 5.76. The van der Waals surface area contributed by atoms with Crippen molar-refractivity contribution in [1.82, 2.24) is 0 Å². The lowest BCUT2D eigenvalue weighted by atomic mass is 9.69. The fourth-order valence-corrected chi connectivity index (χ4v) is 3.86. The monoisotopic (exact) mass is 180 g/mol. The second-order valence-electron chi connectivity index (χ2n) is 5.16. The van der Waals surface area contributed by atoms with Gasteiger partial charge in [-0.15, -0.1) is 0 Å². The van der Waals surface area contributed by atoms with E-state index in [1.54, 1.807) is 0 Å². The smallest absolute Gasteiger partial charge is 0.309 e. The van der Waals surface area contributed by atoms with Crippen LogP contribution in [-0.2, 0) is 9.53 Å². The highest BCUT2D eigenvalue weighted by Gasteiger charge is 2.66. The third-order valence-electron chi connectivity index (χ3n) is 4.89. The van der Waals surface area contributed by atoms with Crippen LogP contribution in [0.3, 0.4) is 0 Å². The van der Waals surface area contributed by atoms with Gasteiger partial charge in [0.1, 0.15) is 6.10 Å². The highest BCUT2D eigenvalue weighted by atomic mass is 16.6.